The van der Waals surface area contributed by atoms with E-state index in [2.05, 4.69) is 15.6 Å². The third-order valence-corrected chi connectivity index (χ3v) is 2.55. The van der Waals surface area contributed by atoms with Crippen molar-refractivity contribution in [1.29, 1.82) is 0 Å². The third kappa shape index (κ3) is 3.33. The number of nitrogens with one attached hydrogen (secondary N) is 2. The molecule has 0 spiro atoms. The highest BCUT2D eigenvalue weighted by Crippen LogP contribution is 2.14. The SMILES string of the molecule is CC(C)NC(=O)NC(C)c1nccs1. The summed E-state index contributed by atoms with van der Waals surface area (Å²) in [5, 5.41) is 8.39. The maximum atomic E-state index is 11.3. The van der Waals surface area contributed by atoms with Gasteiger partial charge in [0.05, 0.1) is 6.04 Å². The van der Waals surface area contributed by atoms with Crippen LogP contribution < -0.4 is 10.6 Å². The maximum Gasteiger partial charge on any atom is 0.315 e. The number of thiazole rings is 1. The van der Waals surface area contributed by atoms with Gasteiger partial charge in [0.1, 0.15) is 5.01 Å². The minimum atomic E-state index is -0.150. The summed E-state index contributed by atoms with van der Waals surface area (Å²) in [6.07, 6.45) is 1.73. The molecule has 14 heavy (non-hydrogen) atoms. The van der Waals surface area contributed by atoms with Gasteiger partial charge in [0.25, 0.3) is 0 Å². The average Bonchev–Trinajstić information content (AvgIpc) is 2.53. The molecule has 0 fully saturated rings. The Bertz CT molecular complexity index is 284. The minimum Gasteiger partial charge on any atom is -0.336 e. The highest BCUT2D eigenvalue weighted by molar-refractivity contribution is 7.09. The van der Waals surface area contributed by atoms with E-state index in [1.807, 2.05) is 26.2 Å². The molecular formula is C9H15N3OS. The van der Waals surface area contributed by atoms with Crippen LogP contribution in [0.15, 0.2) is 11.6 Å². The minimum absolute atomic E-state index is 0.0336. The Balaban J connectivity index is 2.41. The summed E-state index contributed by atoms with van der Waals surface area (Å²) in [7, 11) is 0. The van der Waals surface area contributed by atoms with Crippen molar-refractivity contribution in [3.05, 3.63) is 16.6 Å². The molecule has 78 valence electrons. The molecule has 2 amide bonds. The summed E-state index contributed by atoms with van der Waals surface area (Å²) in [5.41, 5.74) is 0. The molecule has 1 aromatic heterocycles. The van der Waals surface area contributed by atoms with Gasteiger partial charge < -0.3 is 10.6 Å². The Morgan fingerprint density at radius 1 is 1.43 bits per heavy atom. The number of amides is 2. The fraction of sp³-hybridized carbons (Fsp3) is 0.556. The van der Waals surface area contributed by atoms with Crippen LogP contribution in [0.5, 0.6) is 0 Å². The molecule has 0 saturated heterocycles. The molecular weight excluding hydrogens is 198 g/mol. The van der Waals surface area contributed by atoms with Crippen LogP contribution in [0.1, 0.15) is 31.8 Å². The van der Waals surface area contributed by atoms with Crippen LogP contribution in [0.2, 0.25) is 0 Å². The van der Waals surface area contributed by atoms with Crippen LogP contribution >= 0.6 is 11.3 Å². The fourth-order valence-electron chi connectivity index (χ4n) is 1.01. The van der Waals surface area contributed by atoms with Crippen LogP contribution in [-0.4, -0.2) is 17.1 Å². The van der Waals surface area contributed by atoms with Crippen molar-refractivity contribution < 1.29 is 4.79 Å². The van der Waals surface area contributed by atoms with Gasteiger partial charge in [-0.3, -0.25) is 0 Å². The molecule has 0 saturated carbocycles. The molecule has 4 nitrogen and oxygen atoms in total. The zero-order valence-electron chi connectivity index (χ0n) is 8.57. The van der Waals surface area contributed by atoms with Gasteiger partial charge in [-0.15, -0.1) is 11.3 Å². The maximum absolute atomic E-state index is 11.3. The van der Waals surface area contributed by atoms with E-state index in [4.69, 9.17) is 0 Å². The van der Waals surface area contributed by atoms with E-state index >= 15 is 0 Å². The van der Waals surface area contributed by atoms with Gasteiger partial charge in [-0.05, 0) is 20.8 Å². The topological polar surface area (TPSA) is 54.0 Å². The molecule has 1 atom stereocenters. The Labute approximate surface area is 87.7 Å². The molecule has 5 heteroatoms. The van der Waals surface area contributed by atoms with Crippen molar-refractivity contribution in [3.63, 3.8) is 0 Å². The molecule has 0 aliphatic rings. The number of aromatic nitrogens is 1. The van der Waals surface area contributed by atoms with Crippen LogP contribution in [0.25, 0.3) is 0 Å². The lowest BCUT2D eigenvalue weighted by molar-refractivity contribution is 0.235. The summed E-state index contributed by atoms with van der Waals surface area (Å²) in [6, 6.07) is -0.0325. The highest BCUT2D eigenvalue weighted by atomic mass is 32.1. The molecule has 1 unspecified atom stereocenters. The number of urea groups is 1. The van der Waals surface area contributed by atoms with Crippen LogP contribution in [-0.2, 0) is 0 Å². The summed E-state index contributed by atoms with van der Waals surface area (Å²) in [5.74, 6) is 0. The van der Waals surface area contributed by atoms with E-state index in [0.717, 1.165) is 5.01 Å². The van der Waals surface area contributed by atoms with Gasteiger partial charge in [0.2, 0.25) is 0 Å². The first-order chi connectivity index (χ1) is 6.59. The molecule has 0 bridgehead atoms. The van der Waals surface area contributed by atoms with Gasteiger partial charge in [0, 0.05) is 17.6 Å². The third-order valence-electron chi connectivity index (χ3n) is 1.59. The Morgan fingerprint density at radius 2 is 2.14 bits per heavy atom. The Kier molecular flexibility index (Phi) is 3.88. The molecule has 1 heterocycles. The Hall–Kier alpha value is -1.10. The largest absolute Gasteiger partial charge is 0.336 e. The molecule has 0 radical (unpaired) electrons. The lowest BCUT2D eigenvalue weighted by Crippen LogP contribution is -2.40. The van der Waals surface area contributed by atoms with Gasteiger partial charge >= 0.3 is 6.03 Å². The smallest absolute Gasteiger partial charge is 0.315 e. The molecule has 0 aliphatic carbocycles. The highest BCUT2D eigenvalue weighted by Gasteiger charge is 2.11. The predicted molar refractivity (Wildman–Crippen MR) is 57.3 cm³/mol. The zero-order valence-corrected chi connectivity index (χ0v) is 9.39. The molecule has 2 N–H and O–H groups in total. The molecule has 0 aliphatic heterocycles. The molecule has 1 rings (SSSR count). The number of carbonyl (C=O) groups is 1. The van der Waals surface area contributed by atoms with Crippen LogP contribution in [0.4, 0.5) is 4.79 Å². The van der Waals surface area contributed by atoms with E-state index in [-0.39, 0.29) is 18.1 Å². The number of carbonyl (C=O) groups excluding carboxylic acids is 1. The van der Waals surface area contributed by atoms with Crippen molar-refractivity contribution in [2.75, 3.05) is 0 Å². The van der Waals surface area contributed by atoms with Gasteiger partial charge in [-0.25, -0.2) is 9.78 Å². The number of rotatable bonds is 3. The standard InChI is InChI=1S/C9H15N3OS/c1-6(2)11-9(13)12-7(3)8-10-4-5-14-8/h4-7H,1-3H3,(H2,11,12,13). The molecule has 1 aromatic rings. The summed E-state index contributed by atoms with van der Waals surface area (Å²) >= 11 is 1.54. The molecule has 0 aromatic carbocycles. The first kappa shape index (κ1) is 11.0. The second-order valence-electron chi connectivity index (χ2n) is 3.36. The Morgan fingerprint density at radius 3 is 2.64 bits per heavy atom. The lowest BCUT2D eigenvalue weighted by atomic mass is 10.3. The fourth-order valence-corrected chi connectivity index (χ4v) is 1.66. The monoisotopic (exact) mass is 213 g/mol. The first-order valence-corrected chi connectivity index (χ1v) is 5.44. The number of hydrogen-bond donors (Lipinski definition) is 2. The normalized spacial score (nSPS) is 12.6. The number of nitrogens with zero attached hydrogens (tertiary/aromatic N) is 1. The quantitative estimate of drug-likeness (QED) is 0.806. The van der Waals surface area contributed by atoms with E-state index in [9.17, 15) is 4.79 Å². The summed E-state index contributed by atoms with van der Waals surface area (Å²) in [4.78, 5) is 15.4. The van der Waals surface area contributed by atoms with Crippen molar-refractivity contribution in [3.8, 4) is 0 Å². The van der Waals surface area contributed by atoms with E-state index in [1.54, 1.807) is 6.20 Å². The van der Waals surface area contributed by atoms with E-state index in [0.29, 0.717) is 0 Å². The van der Waals surface area contributed by atoms with E-state index < -0.39 is 0 Å². The first-order valence-electron chi connectivity index (χ1n) is 4.56. The van der Waals surface area contributed by atoms with Gasteiger partial charge in [-0.1, -0.05) is 0 Å². The second-order valence-corrected chi connectivity index (χ2v) is 4.29. The van der Waals surface area contributed by atoms with Gasteiger partial charge in [0.15, 0.2) is 0 Å². The van der Waals surface area contributed by atoms with Crippen molar-refractivity contribution >= 4 is 17.4 Å². The summed E-state index contributed by atoms with van der Waals surface area (Å²) in [6.45, 7) is 5.76. The summed E-state index contributed by atoms with van der Waals surface area (Å²) < 4.78 is 0. The van der Waals surface area contributed by atoms with Crippen molar-refractivity contribution in [2.45, 2.75) is 32.9 Å². The van der Waals surface area contributed by atoms with Gasteiger partial charge in [-0.2, -0.15) is 0 Å². The predicted octanol–water partition coefficient (Wildman–Crippen LogP) is 1.91. The lowest BCUT2D eigenvalue weighted by Gasteiger charge is -2.13. The number of hydrogen-bond acceptors (Lipinski definition) is 3. The average molecular weight is 213 g/mol. The van der Waals surface area contributed by atoms with Crippen molar-refractivity contribution in [2.24, 2.45) is 0 Å². The zero-order chi connectivity index (χ0) is 10.6. The van der Waals surface area contributed by atoms with Crippen LogP contribution in [0, 0.1) is 0 Å². The van der Waals surface area contributed by atoms with Crippen LogP contribution in [0.3, 0.4) is 0 Å². The van der Waals surface area contributed by atoms with E-state index in [1.165, 1.54) is 11.3 Å². The van der Waals surface area contributed by atoms with Crippen molar-refractivity contribution in [1.82, 2.24) is 15.6 Å². The second kappa shape index (κ2) is 4.95.